The van der Waals surface area contributed by atoms with Crippen LogP contribution in [0.1, 0.15) is 36.6 Å². The van der Waals surface area contributed by atoms with E-state index < -0.39 is 0 Å². The Bertz CT molecular complexity index is 1230. The lowest BCUT2D eigenvalue weighted by Gasteiger charge is -2.41. The molecule has 2 aliphatic heterocycles. The van der Waals surface area contributed by atoms with E-state index in [0.717, 1.165) is 46.7 Å². The van der Waals surface area contributed by atoms with Crippen molar-refractivity contribution in [2.45, 2.75) is 26.0 Å². The molecule has 5 nitrogen and oxygen atoms in total. The predicted octanol–water partition coefficient (Wildman–Crippen LogP) is 5.83. The predicted molar refractivity (Wildman–Crippen MR) is 135 cm³/mol. The van der Waals surface area contributed by atoms with E-state index in [0.29, 0.717) is 12.4 Å². The summed E-state index contributed by atoms with van der Waals surface area (Å²) >= 11 is 0. The zero-order valence-corrected chi connectivity index (χ0v) is 19.9. The summed E-state index contributed by atoms with van der Waals surface area (Å²) in [4.78, 5) is 2.23. The van der Waals surface area contributed by atoms with Gasteiger partial charge in [-0.2, -0.15) is 0 Å². The number of rotatable bonds is 7. The monoisotopic (exact) mass is 475 g/mol. The highest BCUT2D eigenvalue weighted by Gasteiger charge is 2.31. The summed E-state index contributed by atoms with van der Waals surface area (Å²) in [6.45, 7) is 5.99. The standard InChI is InChI=1S/C29H30FNO4/c1-18(31-15-20(14-30)16-31)17-34-25-9-6-21(7-10-25)29-28(22-4-3-5-23(32)12-22)19(2)26-13-24(33)8-11-27(26)35-29/h3-13,18,20,29,32-33H,14-17H2,1-2H3. The first-order chi connectivity index (χ1) is 16.9. The maximum Gasteiger partial charge on any atom is 0.150 e. The van der Waals surface area contributed by atoms with Crippen molar-refractivity contribution in [3.63, 3.8) is 0 Å². The average Bonchev–Trinajstić information content (AvgIpc) is 2.83. The van der Waals surface area contributed by atoms with Crippen LogP contribution in [0, 0.1) is 5.92 Å². The van der Waals surface area contributed by atoms with E-state index in [9.17, 15) is 14.6 Å². The number of benzene rings is 3. The molecular formula is C29H30FNO4. The van der Waals surface area contributed by atoms with E-state index in [-0.39, 0.29) is 36.2 Å². The average molecular weight is 476 g/mol. The highest BCUT2D eigenvalue weighted by Crippen LogP contribution is 2.47. The minimum absolute atomic E-state index is 0.165. The molecule has 0 spiro atoms. The number of likely N-dealkylation sites (tertiary alicyclic amines) is 1. The molecule has 2 aliphatic rings. The first-order valence-corrected chi connectivity index (χ1v) is 12.0. The Hall–Kier alpha value is -3.51. The summed E-state index contributed by atoms with van der Waals surface area (Å²) in [6.07, 6.45) is -0.388. The number of allylic oxidation sites excluding steroid dienone is 1. The molecule has 35 heavy (non-hydrogen) atoms. The first kappa shape index (κ1) is 23.2. The van der Waals surface area contributed by atoms with Crippen LogP contribution in [0.4, 0.5) is 4.39 Å². The fourth-order valence-corrected chi connectivity index (χ4v) is 4.85. The summed E-state index contributed by atoms with van der Waals surface area (Å²) in [5.41, 5.74) is 4.55. The number of hydrogen-bond donors (Lipinski definition) is 2. The molecule has 0 amide bonds. The number of phenols is 2. The van der Waals surface area contributed by atoms with Crippen molar-refractivity contribution in [2.24, 2.45) is 5.92 Å². The fourth-order valence-electron chi connectivity index (χ4n) is 4.85. The van der Waals surface area contributed by atoms with Gasteiger partial charge in [0.05, 0.1) is 6.67 Å². The Morgan fingerprint density at radius 3 is 2.49 bits per heavy atom. The van der Waals surface area contributed by atoms with Gasteiger partial charge in [0, 0.05) is 36.2 Å². The summed E-state index contributed by atoms with van der Waals surface area (Å²) in [5, 5.41) is 20.2. The first-order valence-electron chi connectivity index (χ1n) is 12.0. The van der Waals surface area contributed by atoms with Gasteiger partial charge in [0.1, 0.15) is 35.7 Å². The molecule has 2 N–H and O–H groups in total. The van der Waals surface area contributed by atoms with Crippen LogP contribution in [0.3, 0.4) is 0 Å². The molecule has 3 aromatic carbocycles. The Labute approximate surface area is 205 Å². The minimum Gasteiger partial charge on any atom is -0.508 e. The Balaban J connectivity index is 1.39. The highest BCUT2D eigenvalue weighted by atomic mass is 19.1. The lowest BCUT2D eigenvalue weighted by Crippen LogP contribution is -2.53. The van der Waals surface area contributed by atoms with E-state index >= 15 is 0 Å². The van der Waals surface area contributed by atoms with E-state index in [2.05, 4.69) is 11.8 Å². The Morgan fingerprint density at radius 2 is 1.77 bits per heavy atom. The summed E-state index contributed by atoms with van der Waals surface area (Å²) < 4.78 is 25.1. The van der Waals surface area contributed by atoms with Gasteiger partial charge in [-0.1, -0.05) is 24.3 Å². The van der Waals surface area contributed by atoms with Gasteiger partial charge in [-0.15, -0.1) is 0 Å². The van der Waals surface area contributed by atoms with Crippen LogP contribution in [-0.4, -0.2) is 47.5 Å². The van der Waals surface area contributed by atoms with Gasteiger partial charge in [-0.3, -0.25) is 9.29 Å². The van der Waals surface area contributed by atoms with Crippen LogP contribution < -0.4 is 9.47 Å². The molecule has 0 aromatic heterocycles. The van der Waals surface area contributed by atoms with Crippen LogP contribution in [0.2, 0.25) is 0 Å². The van der Waals surface area contributed by atoms with Gasteiger partial charge in [0.25, 0.3) is 0 Å². The van der Waals surface area contributed by atoms with Crippen molar-refractivity contribution < 1.29 is 24.1 Å². The fraction of sp³-hybridized carbons (Fsp3) is 0.310. The third-order valence-electron chi connectivity index (χ3n) is 6.94. The van der Waals surface area contributed by atoms with Gasteiger partial charge in [-0.05, 0) is 73.0 Å². The van der Waals surface area contributed by atoms with E-state index in [1.165, 1.54) is 0 Å². The zero-order chi connectivity index (χ0) is 24.5. The van der Waals surface area contributed by atoms with Gasteiger partial charge >= 0.3 is 0 Å². The Morgan fingerprint density at radius 1 is 1.03 bits per heavy atom. The lowest BCUT2D eigenvalue weighted by molar-refractivity contribution is 0.0265. The number of aromatic hydroxyl groups is 2. The molecule has 0 radical (unpaired) electrons. The molecule has 0 saturated carbocycles. The topological polar surface area (TPSA) is 62.2 Å². The maximum atomic E-state index is 12.7. The third kappa shape index (κ3) is 4.71. The molecular weight excluding hydrogens is 445 g/mol. The van der Waals surface area contributed by atoms with Crippen LogP contribution in [0.5, 0.6) is 23.0 Å². The van der Waals surface area contributed by atoms with Crippen LogP contribution >= 0.6 is 0 Å². The van der Waals surface area contributed by atoms with Crippen molar-refractivity contribution >= 4 is 11.1 Å². The van der Waals surface area contributed by atoms with Gasteiger partial charge in [0.15, 0.2) is 0 Å². The van der Waals surface area contributed by atoms with Crippen molar-refractivity contribution in [3.05, 3.63) is 83.4 Å². The summed E-state index contributed by atoms with van der Waals surface area (Å²) in [6, 6.07) is 20.3. The smallest absolute Gasteiger partial charge is 0.150 e. The van der Waals surface area contributed by atoms with Crippen LogP contribution in [-0.2, 0) is 0 Å². The molecule has 2 heterocycles. The molecule has 6 heteroatoms. The van der Waals surface area contributed by atoms with Crippen LogP contribution in [0.15, 0.2) is 66.7 Å². The molecule has 2 unspecified atom stereocenters. The molecule has 0 bridgehead atoms. The molecule has 1 saturated heterocycles. The summed E-state index contributed by atoms with van der Waals surface area (Å²) in [7, 11) is 0. The van der Waals surface area contributed by atoms with Crippen molar-refractivity contribution in [1.29, 1.82) is 0 Å². The van der Waals surface area contributed by atoms with Crippen molar-refractivity contribution in [3.8, 4) is 23.0 Å². The second kappa shape index (κ2) is 9.62. The van der Waals surface area contributed by atoms with E-state index in [1.807, 2.05) is 43.3 Å². The maximum absolute atomic E-state index is 12.7. The van der Waals surface area contributed by atoms with Gasteiger partial charge in [-0.25, -0.2) is 0 Å². The van der Waals surface area contributed by atoms with Crippen molar-refractivity contribution in [1.82, 2.24) is 4.90 Å². The Kier molecular flexibility index (Phi) is 6.39. The quantitative estimate of drug-likeness (QED) is 0.450. The molecule has 3 aromatic rings. The minimum atomic E-state index is -0.388. The number of phenolic OH excluding ortho intramolecular Hbond substituents is 2. The molecule has 182 valence electrons. The highest BCUT2D eigenvalue weighted by molar-refractivity contribution is 5.95. The SMILES string of the molecule is CC1=C(c2cccc(O)c2)C(c2ccc(OCC(C)N3CC(CF)C3)cc2)Oc2ccc(O)cc21. The normalized spacial score (nSPS) is 19.0. The van der Waals surface area contributed by atoms with Gasteiger partial charge < -0.3 is 19.7 Å². The zero-order valence-electron chi connectivity index (χ0n) is 19.9. The molecule has 1 fully saturated rings. The number of hydrogen-bond acceptors (Lipinski definition) is 5. The van der Waals surface area contributed by atoms with E-state index in [4.69, 9.17) is 9.47 Å². The molecule has 5 rings (SSSR count). The van der Waals surface area contributed by atoms with E-state index in [1.54, 1.807) is 30.3 Å². The second-order valence-corrected chi connectivity index (χ2v) is 9.47. The molecule has 2 atom stereocenters. The number of halogens is 1. The summed E-state index contributed by atoms with van der Waals surface area (Å²) in [5.74, 6) is 1.99. The number of nitrogens with zero attached hydrogens (tertiary/aromatic N) is 1. The largest absolute Gasteiger partial charge is 0.508 e. The lowest BCUT2D eigenvalue weighted by atomic mass is 9.86. The molecule has 0 aliphatic carbocycles. The number of alkyl halides is 1. The van der Waals surface area contributed by atoms with Crippen molar-refractivity contribution in [2.75, 3.05) is 26.4 Å². The number of fused-ring (bicyclic) bond motifs is 1. The number of ether oxygens (including phenoxy) is 2. The van der Waals surface area contributed by atoms with Crippen LogP contribution in [0.25, 0.3) is 11.1 Å². The third-order valence-corrected chi connectivity index (χ3v) is 6.94. The van der Waals surface area contributed by atoms with Gasteiger partial charge in [0.2, 0.25) is 0 Å². The second-order valence-electron chi connectivity index (χ2n) is 9.47.